The molecule has 4 aromatic rings. The number of aldehydes is 1. The van der Waals surface area contributed by atoms with Crippen molar-refractivity contribution in [1.29, 1.82) is 0 Å². The van der Waals surface area contributed by atoms with E-state index in [1.807, 2.05) is 36.9 Å². The summed E-state index contributed by atoms with van der Waals surface area (Å²) >= 11 is 0. The van der Waals surface area contributed by atoms with Crippen molar-refractivity contribution in [3.8, 4) is 11.1 Å². The molecule has 0 amide bonds. The van der Waals surface area contributed by atoms with Gasteiger partial charge in [0.1, 0.15) is 23.3 Å². The molecule has 35 heavy (non-hydrogen) atoms. The maximum atomic E-state index is 15.1. The molecule has 180 valence electrons. The van der Waals surface area contributed by atoms with Gasteiger partial charge in [-0.2, -0.15) is 0 Å². The zero-order valence-corrected chi connectivity index (χ0v) is 20.8. The third-order valence-corrected chi connectivity index (χ3v) is 8.08. The lowest BCUT2D eigenvalue weighted by Crippen LogP contribution is -2.18. The van der Waals surface area contributed by atoms with Crippen LogP contribution in [0.4, 0.5) is 13.2 Å². The predicted octanol–water partition coefficient (Wildman–Crippen LogP) is 5.90. The Hall–Kier alpha value is -3.02. The van der Waals surface area contributed by atoms with Gasteiger partial charge in [0.2, 0.25) is 0 Å². The number of hydrogen-bond donors (Lipinski definition) is 0. The molecule has 1 aromatic heterocycles. The van der Waals surface area contributed by atoms with E-state index in [-0.39, 0.29) is 17.2 Å². The van der Waals surface area contributed by atoms with E-state index in [0.29, 0.717) is 40.2 Å². The summed E-state index contributed by atoms with van der Waals surface area (Å²) in [6.45, 7) is 3.76. The Labute approximate surface area is 203 Å². The van der Waals surface area contributed by atoms with Crippen LogP contribution < -0.4 is 5.30 Å². The predicted molar refractivity (Wildman–Crippen MR) is 134 cm³/mol. The van der Waals surface area contributed by atoms with E-state index in [1.165, 1.54) is 24.3 Å². The first-order chi connectivity index (χ1) is 16.7. The molecular weight excluding hydrogens is 470 g/mol. The van der Waals surface area contributed by atoms with Gasteiger partial charge in [-0.05, 0) is 69.7 Å². The normalized spacial score (nSPS) is 17.5. The van der Waals surface area contributed by atoms with Gasteiger partial charge in [-0.25, -0.2) is 18.2 Å². The molecular formula is C27H25F3N3OP. The highest BCUT2D eigenvalue weighted by Gasteiger charge is 2.38. The lowest BCUT2D eigenvalue weighted by molar-refractivity contribution is 0.112. The second-order valence-electron chi connectivity index (χ2n) is 9.31. The van der Waals surface area contributed by atoms with Crippen LogP contribution in [-0.4, -0.2) is 48.2 Å². The quantitative estimate of drug-likeness (QED) is 0.256. The van der Waals surface area contributed by atoms with Crippen LogP contribution in [0, 0.1) is 17.5 Å². The number of halogens is 3. The van der Waals surface area contributed by atoms with Gasteiger partial charge in [-0.1, -0.05) is 26.1 Å². The van der Waals surface area contributed by atoms with Gasteiger partial charge in [-0.15, -0.1) is 0 Å². The van der Waals surface area contributed by atoms with Crippen molar-refractivity contribution >= 4 is 30.5 Å². The van der Waals surface area contributed by atoms with E-state index in [9.17, 15) is 9.18 Å². The van der Waals surface area contributed by atoms with Crippen LogP contribution in [-0.2, 0) is 0 Å². The van der Waals surface area contributed by atoms with Crippen LogP contribution in [0.3, 0.4) is 0 Å². The van der Waals surface area contributed by atoms with Crippen LogP contribution in [0.25, 0.3) is 22.2 Å². The molecule has 2 unspecified atom stereocenters. The average molecular weight is 495 g/mol. The number of carbonyl (C=O) groups excluding carboxylic acids is 1. The molecule has 1 aliphatic rings. The minimum absolute atomic E-state index is 0.100. The topological polar surface area (TPSA) is 38.1 Å². The summed E-state index contributed by atoms with van der Waals surface area (Å²) in [6, 6.07) is 11.7. The molecule has 2 heterocycles. The van der Waals surface area contributed by atoms with Gasteiger partial charge in [0.25, 0.3) is 0 Å². The Bertz CT molecular complexity index is 1460. The second-order valence-corrected chi connectivity index (χ2v) is 11.6. The molecule has 4 nitrogen and oxygen atoms in total. The largest absolute Gasteiger partial charge is 0.319 e. The summed E-state index contributed by atoms with van der Waals surface area (Å²) in [5.74, 6) is -0.624. The Morgan fingerprint density at radius 2 is 1.80 bits per heavy atom. The van der Waals surface area contributed by atoms with E-state index in [2.05, 4.69) is 0 Å². The zero-order chi connectivity index (χ0) is 25.0. The number of rotatable bonds is 5. The zero-order valence-electron chi connectivity index (χ0n) is 19.9. The molecule has 0 saturated heterocycles. The third-order valence-electron chi connectivity index (χ3n) is 6.77. The Morgan fingerprint density at radius 3 is 2.49 bits per heavy atom. The summed E-state index contributed by atoms with van der Waals surface area (Å²) in [4.78, 5) is 18.6. The first-order valence-corrected chi connectivity index (χ1v) is 13.5. The monoisotopic (exact) mass is 495 g/mol. The maximum Gasteiger partial charge on any atom is 0.150 e. The maximum absolute atomic E-state index is 15.1. The number of imidazole rings is 1. The molecule has 0 bridgehead atoms. The number of aromatic nitrogens is 2. The highest BCUT2D eigenvalue weighted by Crippen LogP contribution is 2.45. The Kier molecular flexibility index (Phi) is 6.02. The van der Waals surface area contributed by atoms with Crippen molar-refractivity contribution in [3.63, 3.8) is 0 Å². The van der Waals surface area contributed by atoms with Gasteiger partial charge in [0.15, 0.2) is 6.29 Å². The van der Waals surface area contributed by atoms with E-state index in [0.717, 1.165) is 5.82 Å². The van der Waals surface area contributed by atoms with Crippen molar-refractivity contribution < 1.29 is 18.0 Å². The van der Waals surface area contributed by atoms with Crippen LogP contribution in [0.5, 0.6) is 0 Å². The summed E-state index contributed by atoms with van der Waals surface area (Å²) in [5, 5.41) is 0.391. The summed E-state index contributed by atoms with van der Waals surface area (Å²) in [6.07, 6.45) is 1.20. The molecule has 0 aliphatic carbocycles. The van der Waals surface area contributed by atoms with Crippen LogP contribution in [0.1, 0.15) is 40.3 Å². The number of nitrogens with zero attached hydrogens (tertiary/aromatic N) is 3. The van der Waals surface area contributed by atoms with E-state index < -0.39 is 31.4 Å². The fourth-order valence-corrected chi connectivity index (χ4v) is 5.92. The van der Waals surface area contributed by atoms with Gasteiger partial charge in [0, 0.05) is 22.0 Å². The highest BCUT2D eigenvalue weighted by molar-refractivity contribution is 7.64. The van der Waals surface area contributed by atoms with Crippen molar-refractivity contribution in [2.75, 3.05) is 27.4 Å². The Balaban J connectivity index is 1.73. The Morgan fingerprint density at radius 1 is 1.03 bits per heavy atom. The number of benzene rings is 3. The SMILES string of the molecule is CN(C)C1CC(c2c(F)cccc2C=O)n2c1nc1ccc(-c3cc(F)c(P(C)C)cc3F)cc12. The minimum atomic E-state index is -0.787. The summed E-state index contributed by atoms with van der Waals surface area (Å²) in [5.41, 5.74) is 2.64. The lowest BCUT2D eigenvalue weighted by atomic mass is 9.96. The molecule has 3 aromatic carbocycles. The van der Waals surface area contributed by atoms with Crippen LogP contribution in [0.2, 0.25) is 0 Å². The second kappa shape index (κ2) is 8.89. The standard InChI is InChI=1S/C27H25F3N3OP/c1-32(2)24-13-23(26-16(14-34)6-5-7-18(26)28)33-22-10-15(8-9-21(22)31-27(24)33)17-11-20(30)25(35(3)4)12-19(17)29/h5-12,14,23-24H,13H2,1-4H3. The summed E-state index contributed by atoms with van der Waals surface area (Å²) in [7, 11) is 3.07. The minimum Gasteiger partial charge on any atom is -0.319 e. The summed E-state index contributed by atoms with van der Waals surface area (Å²) < 4.78 is 46.8. The van der Waals surface area contributed by atoms with Gasteiger partial charge < -0.3 is 4.57 Å². The molecule has 2 atom stereocenters. The van der Waals surface area contributed by atoms with Crippen molar-refractivity contribution in [2.24, 2.45) is 0 Å². The van der Waals surface area contributed by atoms with Gasteiger partial charge in [0.05, 0.1) is 23.1 Å². The molecule has 0 N–H and O–H groups in total. The first-order valence-electron chi connectivity index (χ1n) is 11.3. The number of carbonyl (C=O) groups is 1. The number of fused-ring (bicyclic) bond motifs is 3. The molecule has 0 radical (unpaired) electrons. The van der Waals surface area contributed by atoms with Crippen LogP contribution in [0.15, 0.2) is 48.5 Å². The molecule has 5 rings (SSSR count). The van der Waals surface area contributed by atoms with Crippen molar-refractivity contribution in [2.45, 2.75) is 18.5 Å². The fourth-order valence-electron chi connectivity index (χ4n) is 5.06. The van der Waals surface area contributed by atoms with E-state index >= 15 is 8.78 Å². The molecule has 0 fully saturated rings. The molecule has 1 aliphatic heterocycles. The highest BCUT2D eigenvalue weighted by atomic mass is 31.1. The van der Waals surface area contributed by atoms with E-state index in [4.69, 9.17) is 4.98 Å². The molecule has 0 spiro atoms. The van der Waals surface area contributed by atoms with Gasteiger partial charge in [-0.3, -0.25) is 9.69 Å². The molecule has 8 heteroatoms. The number of hydrogen-bond acceptors (Lipinski definition) is 3. The fraction of sp³-hybridized carbons (Fsp3) is 0.259. The first kappa shape index (κ1) is 23.7. The van der Waals surface area contributed by atoms with Crippen LogP contribution >= 0.6 is 7.92 Å². The van der Waals surface area contributed by atoms with Gasteiger partial charge >= 0.3 is 0 Å². The van der Waals surface area contributed by atoms with Crippen molar-refractivity contribution in [3.05, 3.63) is 82.9 Å². The third kappa shape index (κ3) is 3.87. The van der Waals surface area contributed by atoms with E-state index in [1.54, 1.807) is 24.3 Å². The smallest absolute Gasteiger partial charge is 0.150 e. The average Bonchev–Trinajstić information content (AvgIpc) is 3.37. The molecule has 0 saturated carbocycles. The lowest BCUT2D eigenvalue weighted by Gasteiger charge is -2.20. The van der Waals surface area contributed by atoms with Crippen molar-refractivity contribution in [1.82, 2.24) is 14.5 Å².